The molecule has 0 unspecified atom stereocenters. The van der Waals surface area contributed by atoms with Crippen molar-refractivity contribution in [3.05, 3.63) is 91.0 Å². The predicted octanol–water partition coefficient (Wildman–Crippen LogP) is 5.53. The van der Waals surface area contributed by atoms with Crippen molar-refractivity contribution >= 4 is 124 Å². The van der Waals surface area contributed by atoms with Gasteiger partial charge in [0.1, 0.15) is 0 Å². The topological polar surface area (TPSA) is 0 Å². The van der Waals surface area contributed by atoms with Crippen molar-refractivity contribution in [3.63, 3.8) is 0 Å². The van der Waals surface area contributed by atoms with Crippen LogP contribution in [0.2, 0.25) is 0 Å². The number of hydrogen-bond acceptors (Lipinski definition) is 1. The summed E-state index contributed by atoms with van der Waals surface area (Å²) < 4.78 is 0. The predicted molar refractivity (Wildman–Crippen MR) is 163 cm³/mol. The minimum atomic E-state index is -1.60. The molecule has 0 spiro atoms. The van der Waals surface area contributed by atoms with Gasteiger partial charge in [0.05, 0.1) is 0 Å². The molecular formula is C18H15I6PS. The summed E-state index contributed by atoms with van der Waals surface area (Å²) in [6.07, 6.45) is 0. The Morgan fingerprint density at radius 2 is 0.808 bits per heavy atom. The first-order valence-corrected chi connectivity index (χ1v) is 31.8. The van der Waals surface area contributed by atoms with Crippen LogP contribution in [0.4, 0.5) is 0 Å². The Kier molecular flexibility index (Phi) is 17.0. The molecule has 0 aromatic heterocycles. The summed E-state index contributed by atoms with van der Waals surface area (Å²) in [4.78, 5) is 0. The Hall–Kier alpha value is 2.82. The Morgan fingerprint density at radius 3 is 1.04 bits per heavy atom. The minimum absolute atomic E-state index is 0.0764. The van der Waals surface area contributed by atoms with E-state index in [1.54, 1.807) is 0 Å². The molecule has 0 fully saturated rings. The molecule has 0 nitrogen and oxygen atoms in total. The third-order valence-corrected chi connectivity index (χ3v) is 25.1. The van der Waals surface area contributed by atoms with Gasteiger partial charge in [-0.3, -0.25) is 0 Å². The molecule has 0 aliphatic rings. The number of rotatable bonds is 5. The number of hydrogen-bond donors (Lipinski definition) is 0. The van der Waals surface area contributed by atoms with Crippen LogP contribution >= 0.6 is 108 Å². The average Bonchev–Trinajstić information content (AvgIpc) is 2.77. The first-order valence-electron chi connectivity index (χ1n) is 7.17. The van der Waals surface area contributed by atoms with Gasteiger partial charge in [-0.1, -0.05) is 0 Å². The van der Waals surface area contributed by atoms with Crippen LogP contribution in [-0.4, -0.2) is 0 Å². The molecule has 0 radical (unpaired) electrons. The Balaban J connectivity index is 0.000000791. The second kappa shape index (κ2) is 16.5. The fraction of sp³-hybridized carbons (Fsp3) is 0. The van der Waals surface area contributed by atoms with Gasteiger partial charge in [0.2, 0.25) is 0 Å². The maximum absolute atomic E-state index is 2.59. The van der Waals surface area contributed by atoms with E-state index in [9.17, 15) is 0 Å². The van der Waals surface area contributed by atoms with Crippen LogP contribution in [0.5, 0.6) is 0 Å². The summed E-state index contributed by atoms with van der Waals surface area (Å²) in [5.74, 6) is 0. The number of halogens is 6. The zero-order valence-corrected chi connectivity index (χ0v) is 27.9. The van der Waals surface area contributed by atoms with E-state index in [-0.39, 0.29) is 15.8 Å². The van der Waals surface area contributed by atoms with E-state index in [4.69, 9.17) is 0 Å². The van der Waals surface area contributed by atoms with Gasteiger partial charge < -0.3 is 0 Å². The van der Waals surface area contributed by atoms with Gasteiger partial charge in [-0.25, -0.2) is 0 Å². The van der Waals surface area contributed by atoms with E-state index in [0.29, 0.717) is 0 Å². The number of benzene rings is 3. The second-order valence-electron chi connectivity index (χ2n) is 4.74. The van der Waals surface area contributed by atoms with E-state index in [0.717, 1.165) is 0 Å². The Morgan fingerprint density at radius 1 is 0.538 bits per heavy atom. The molecule has 0 aliphatic heterocycles. The van der Waals surface area contributed by atoms with E-state index >= 15 is 0 Å². The molecule has 3 rings (SSSR count). The van der Waals surface area contributed by atoms with Crippen LogP contribution < -0.4 is 31.8 Å². The van der Waals surface area contributed by atoms with Gasteiger partial charge in [-0.05, 0) is 0 Å². The van der Waals surface area contributed by atoms with E-state index in [1.165, 1.54) is 15.9 Å². The van der Waals surface area contributed by atoms with Gasteiger partial charge in [0, 0.05) is 74.5 Å². The fourth-order valence-electron chi connectivity index (χ4n) is 2.52. The van der Waals surface area contributed by atoms with Gasteiger partial charge in [-0.2, -0.15) is 0 Å². The first kappa shape index (κ1) is 26.9. The molecule has 0 atom stereocenters. The average molecular weight is 1060 g/mol. The molecule has 0 heterocycles. The van der Waals surface area contributed by atoms with Gasteiger partial charge >= 0.3 is 156 Å². The zero-order valence-electron chi connectivity index (χ0n) is 13.3. The van der Waals surface area contributed by atoms with Crippen LogP contribution in [-0.2, 0) is 0 Å². The summed E-state index contributed by atoms with van der Waals surface area (Å²) in [7, 11) is 2.19. The monoisotopic (exact) mass is 1060 g/mol. The molecule has 26 heavy (non-hydrogen) atoms. The molecular weight excluding hydrogens is 1040 g/mol. The molecule has 0 N–H and O–H groups in total. The van der Waals surface area contributed by atoms with Crippen LogP contribution in [0.1, 0.15) is 0 Å². The van der Waals surface area contributed by atoms with Crippen molar-refractivity contribution < 1.29 is 15.8 Å². The van der Waals surface area contributed by atoms with Crippen LogP contribution in [0.3, 0.4) is 0 Å². The zero-order chi connectivity index (χ0) is 19.3. The van der Waals surface area contributed by atoms with Crippen LogP contribution in [0.15, 0.2) is 91.0 Å². The molecule has 0 bridgehead atoms. The molecule has 0 aliphatic carbocycles. The Bertz CT molecular complexity index is 619. The third kappa shape index (κ3) is 7.50. The summed E-state index contributed by atoms with van der Waals surface area (Å²) in [5, 5.41) is 4.40. The van der Waals surface area contributed by atoms with Crippen molar-refractivity contribution in [1.29, 1.82) is 0 Å². The van der Waals surface area contributed by atoms with Gasteiger partial charge in [0.25, 0.3) is 0 Å². The molecule has 140 valence electrons. The van der Waals surface area contributed by atoms with Gasteiger partial charge in [-0.15, -0.1) is 0 Å². The summed E-state index contributed by atoms with van der Waals surface area (Å²) in [6, 6.07) is 33.2. The summed E-state index contributed by atoms with van der Waals surface area (Å²) >= 11 is 11.2. The van der Waals surface area contributed by atoms with Crippen molar-refractivity contribution in [2.24, 2.45) is 0 Å². The van der Waals surface area contributed by atoms with Crippen molar-refractivity contribution in [2.45, 2.75) is 0 Å². The molecule has 3 aromatic carbocycles. The SMILES string of the molecule is II.II.I[I-]S[P+](c1ccccc1)(c1ccccc1)c1ccccc1. The molecule has 0 saturated carbocycles. The van der Waals surface area contributed by atoms with E-state index < -0.39 is 6.46 Å². The quantitative estimate of drug-likeness (QED) is 0.240. The third-order valence-electron chi connectivity index (χ3n) is 3.49. The van der Waals surface area contributed by atoms with E-state index in [2.05, 4.69) is 193 Å². The molecule has 3 aromatic rings. The second-order valence-corrected chi connectivity index (χ2v) is 21.1. The first-order chi connectivity index (χ1) is 12.9. The molecule has 0 amide bonds. The van der Waals surface area contributed by atoms with Crippen LogP contribution in [0, 0.1) is 0 Å². The maximum atomic E-state index is 2.59. The van der Waals surface area contributed by atoms with Crippen molar-refractivity contribution in [2.75, 3.05) is 0 Å². The van der Waals surface area contributed by atoms with Crippen molar-refractivity contribution in [1.82, 2.24) is 0 Å². The Labute approximate surface area is 226 Å². The summed E-state index contributed by atoms with van der Waals surface area (Å²) in [6.45, 7) is -1.60. The van der Waals surface area contributed by atoms with Crippen LogP contribution in [0.25, 0.3) is 0 Å². The van der Waals surface area contributed by atoms with Gasteiger partial charge in [0.15, 0.2) is 0 Å². The fourth-order valence-corrected chi connectivity index (χ4v) is 29.2. The standard InChI is InChI=1S/C18H15I2PS.2I2/c19-20-22-21(16-10-4-1-5-11-16,17-12-6-2-7-13-17)18-14-8-3-9-15-18;2*1-2/h1-15H;;. The molecule has 8 heteroatoms. The van der Waals surface area contributed by atoms with Crippen molar-refractivity contribution in [3.8, 4) is 0 Å². The molecule has 0 saturated heterocycles. The normalized spacial score (nSPS) is 10.2. The van der Waals surface area contributed by atoms with E-state index in [1.807, 2.05) is 0 Å². The summed E-state index contributed by atoms with van der Waals surface area (Å²) in [5.41, 5.74) is 0.